The summed E-state index contributed by atoms with van der Waals surface area (Å²) in [5.74, 6) is 0.492. The molecule has 0 radical (unpaired) electrons. The van der Waals surface area contributed by atoms with E-state index in [0.29, 0.717) is 37.6 Å². The molecule has 2 fully saturated rings. The summed E-state index contributed by atoms with van der Waals surface area (Å²) in [7, 11) is 0. The average Bonchev–Trinajstić information content (AvgIpc) is 3.09. The van der Waals surface area contributed by atoms with Crippen LogP contribution in [-0.2, 0) is 4.79 Å². The molecular formula is C15H21N5O2. The zero-order valence-corrected chi connectivity index (χ0v) is 12.5. The van der Waals surface area contributed by atoms with Gasteiger partial charge in [-0.1, -0.05) is 0 Å². The van der Waals surface area contributed by atoms with E-state index in [4.69, 9.17) is 5.73 Å². The van der Waals surface area contributed by atoms with Gasteiger partial charge in [-0.2, -0.15) is 0 Å². The minimum absolute atomic E-state index is 0.114. The van der Waals surface area contributed by atoms with Gasteiger partial charge >= 0.3 is 0 Å². The van der Waals surface area contributed by atoms with Crippen LogP contribution >= 0.6 is 0 Å². The Balaban J connectivity index is 1.64. The average molecular weight is 303 g/mol. The van der Waals surface area contributed by atoms with Gasteiger partial charge in [-0.15, -0.1) is 0 Å². The molecule has 0 aromatic carbocycles. The zero-order valence-electron chi connectivity index (χ0n) is 12.5. The number of anilines is 1. The van der Waals surface area contributed by atoms with Crippen molar-refractivity contribution in [1.82, 2.24) is 15.2 Å². The summed E-state index contributed by atoms with van der Waals surface area (Å²) in [6, 6.07) is 3.39. The second-order valence-corrected chi connectivity index (χ2v) is 5.74. The van der Waals surface area contributed by atoms with Gasteiger partial charge in [0.2, 0.25) is 5.91 Å². The molecule has 3 rings (SSSR count). The maximum atomic E-state index is 12.4. The normalized spacial score (nSPS) is 21.9. The number of hydrogen-bond donors (Lipinski definition) is 2. The molecule has 2 amide bonds. The van der Waals surface area contributed by atoms with Gasteiger partial charge in [-0.05, 0) is 25.1 Å². The number of nitrogens with zero attached hydrogens (tertiary/aromatic N) is 3. The van der Waals surface area contributed by atoms with E-state index in [1.807, 2.05) is 9.80 Å². The minimum atomic E-state index is -0.473. The predicted octanol–water partition coefficient (Wildman–Crippen LogP) is -0.561. The van der Waals surface area contributed by atoms with E-state index >= 15 is 0 Å². The van der Waals surface area contributed by atoms with Crippen molar-refractivity contribution in [1.29, 1.82) is 0 Å². The lowest BCUT2D eigenvalue weighted by atomic mass is 10.1. The van der Waals surface area contributed by atoms with Crippen LogP contribution in [0.1, 0.15) is 16.8 Å². The van der Waals surface area contributed by atoms with Crippen LogP contribution in [0.25, 0.3) is 0 Å². The van der Waals surface area contributed by atoms with Gasteiger partial charge in [0.25, 0.3) is 5.91 Å². The highest BCUT2D eigenvalue weighted by Crippen LogP contribution is 2.20. The van der Waals surface area contributed by atoms with Gasteiger partial charge in [-0.25, -0.2) is 4.98 Å². The van der Waals surface area contributed by atoms with Crippen molar-refractivity contribution in [2.75, 3.05) is 44.2 Å². The highest BCUT2D eigenvalue weighted by Gasteiger charge is 2.30. The fraction of sp³-hybridized carbons (Fsp3) is 0.533. The van der Waals surface area contributed by atoms with Gasteiger partial charge in [0.05, 0.1) is 11.5 Å². The van der Waals surface area contributed by atoms with Crippen molar-refractivity contribution >= 4 is 17.6 Å². The summed E-state index contributed by atoms with van der Waals surface area (Å²) in [5, 5.41) is 3.23. The Bertz CT molecular complexity index is 563. The predicted molar refractivity (Wildman–Crippen MR) is 82.5 cm³/mol. The molecule has 1 aromatic rings. The van der Waals surface area contributed by atoms with Crippen molar-refractivity contribution in [2.24, 2.45) is 11.7 Å². The van der Waals surface area contributed by atoms with Crippen molar-refractivity contribution in [3.8, 4) is 0 Å². The number of pyridine rings is 1. The van der Waals surface area contributed by atoms with E-state index < -0.39 is 5.91 Å². The van der Waals surface area contributed by atoms with Crippen LogP contribution in [0.3, 0.4) is 0 Å². The number of hydrogen-bond acceptors (Lipinski definition) is 5. The Hall–Kier alpha value is -2.15. The first-order valence-corrected chi connectivity index (χ1v) is 7.66. The maximum absolute atomic E-state index is 12.4. The van der Waals surface area contributed by atoms with Crippen LogP contribution in [-0.4, -0.2) is 61.0 Å². The summed E-state index contributed by atoms with van der Waals surface area (Å²) < 4.78 is 0. The SMILES string of the molecule is NC(=O)c1cccnc1N1CCN(C(=O)[C@H]2CCNC2)CC1. The molecule has 1 aromatic heterocycles. The summed E-state index contributed by atoms with van der Waals surface area (Å²) in [6.07, 6.45) is 2.58. The summed E-state index contributed by atoms with van der Waals surface area (Å²) in [6.45, 7) is 4.36. The molecule has 0 bridgehead atoms. The number of primary amides is 1. The van der Waals surface area contributed by atoms with Gasteiger partial charge in [0, 0.05) is 38.9 Å². The van der Waals surface area contributed by atoms with Crippen LogP contribution in [0.4, 0.5) is 5.82 Å². The van der Waals surface area contributed by atoms with Crippen LogP contribution in [0, 0.1) is 5.92 Å². The lowest BCUT2D eigenvalue weighted by Crippen LogP contribution is -2.51. The number of aromatic nitrogens is 1. The van der Waals surface area contributed by atoms with E-state index in [1.54, 1.807) is 18.3 Å². The Morgan fingerprint density at radius 2 is 2.05 bits per heavy atom. The Labute approximate surface area is 129 Å². The Morgan fingerprint density at radius 1 is 1.27 bits per heavy atom. The Morgan fingerprint density at radius 3 is 2.68 bits per heavy atom. The minimum Gasteiger partial charge on any atom is -0.365 e. The number of carbonyl (C=O) groups is 2. The van der Waals surface area contributed by atoms with Crippen LogP contribution in [0.5, 0.6) is 0 Å². The molecule has 0 unspecified atom stereocenters. The number of nitrogens with two attached hydrogens (primary N) is 1. The van der Waals surface area contributed by atoms with Crippen molar-refractivity contribution in [3.05, 3.63) is 23.9 Å². The van der Waals surface area contributed by atoms with Crippen LogP contribution < -0.4 is 16.0 Å². The fourth-order valence-corrected chi connectivity index (χ4v) is 3.10. The fourth-order valence-electron chi connectivity index (χ4n) is 3.10. The number of carbonyl (C=O) groups excluding carboxylic acids is 2. The lowest BCUT2D eigenvalue weighted by molar-refractivity contribution is -0.135. The van der Waals surface area contributed by atoms with Crippen molar-refractivity contribution < 1.29 is 9.59 Å². The van der Waals surface area contributed by atoms with Crippen molar-refractivity contribution in [2.45, 2.75) is 6.42 Å². The van der Waals surface area contributed by atoms with Crippen LogP contribution in [0.15, 0.2) is 18.3 Å². The Kier molecular flexibility index (Phi) is 4.24. The molecule has 1 atom stereocenters. The smallest absolute Gasteiger partial charge is 0.252 e. The molecule has 3 heterocycles. The largest absolute Gasteiger partial charge is 0.365 e. The van der Waals surface area contributed by atoms with E-state index in [9.17, 15) is 9.59 Å². The molecule has 118 valence electrons. The number of amides is 2. The van der Waals surface area contributed by atoms with E-state index in [1.165, 1.54) is 0 Å². The molecule has 3 N–H and O–H groups in total. The summed E-state index contributed by atoms with van der Waals surface area (Å²) in [5.41, 5.74) is 5.84. The van der Waals surface area contributed by atoms with Crippen LogP contribution in [0.2, 0.25) is 0 Å². The first-order valence-electron chi connectivity index (χ1n) is 7.66. The van der Waals surface area contributed by atoms with E-state index in [2.05, 4.69) is 10.3 Å². The van der Waals surface area contributed by atoms with Gasteiger partial charge in [-0.3, -0.25) is 9.59 Å². The summed E-state index contributed by atoms with van der Waals surface area (Å²) >= 11 is 0. The monoisotopic (exact) mass is 303 g/mol. The molecule has 2 aliphatic heterocycles. The first kappa shape index (κ1) is 14.8. The molecule has 7 heteroatoms. The molecule has 7 nitrogen and oxygen atoms in total. The third-order valence-electron chi connectivity index (χ3n) is 4.35. The van der Waals surface area contributed by atoms with Gasteiger partial charge in [0.1, 0.15) is 5.82 Å². The van der Waals surface area contributed by atoms with E-state index in [-0.39, 0.29) is 11.8 Å². The highest BCUT2D eigenvalue weighted by atomic mass is 16.2. The topological polar surface area (TPSA) is 91.6 Å². The number of rotatable bonds is 3. The van der Waals surface area contributed by atoms with Gasteiger partial charge < -0.3 is 20.9 Å². The third kappa shape index (κ3) is 2.89. The molecule has 2 saturated heterocycles. The lowest BCUT2D eigenvalue weighted by Gasteiger charge is -2.37. The standard InChI is InChI=1S/C15H21N5O2/c16-13(21)12-2-1-4-18-14(12)19-6-8-20(9-7-19)15(22)11-3-5-17-10-11/h1-2,4,11,17H,3,5-10H2,(H2,16,21)/t11-/m0/s1. The third-order valence-corrected chi connectivity index (χ3v) is 4.35. The molecule has 2 aliphatic rings. The first-order chi connectivity index (χ1) is 10.7. The number of nitrogens with one attached hydrogen (secondary N) is 1. The van der Waals surface area contributed by atoms with Crippen molar-refractivity contribution in [3.63, 3.8) is 0 Å². The second kappa shape index (κ2) is 6.31. The maximum Gasteiger partial charge on any atom is 0.252 e. The zero-order chi connectivity index (χ0) is 15.5. The molecule has 22 heavy (non-hydrogen) atoms. The summed E-state index contributed by atoms with van der Waals surface area (Å²) in [4.78, 5) is 32.1. The molecular weight excluding hydrogens is 282 g/mol. The van der Waals surface area contributed by atoms with Gasteiger partial charge in [0.15, 0.2) is 0 Å². The quantitative estimate of drug-likeness (QED) is 0.781. The highest BCUT2D eigenvalue weighted by molar-refractivity contribution is 5.97. The second-order valence-electron chi connectivity index (χ2n) is 5.74. The molecule has 0 saturated carbocycles. The molecule has 0 spiro atoms. The van der Waals surface area contributed by atoms with E-state index in [0.717, 1.165) is 19.5 Å². The molecule has 0 aliphatic carbocycles. The number of piperazine rings is 1.